The molecule has 1 aliphatic rings. The molecule has 1 aliphatic heterocycles. The Morgan fingerprint density at radius 2 is 1.52 bits per heavy atom. The SMILES string of the molecule is Cc1ccccc1CN1CCN(Cn2nnn(-c3ccccc3)c2=S)CC1. The number of hydrogen-bond acceptors (Lipinski definition) is 5. The Hall–Kier alpha value is -2.35. The van der Waals surface area contributed by atoms with Gasteiger partial charge in [-0.15, -0.1) is 0 Å². The molecular formula is C20H24N6S. The van der Waals surface area contributed by atoms with Crippen LogP contribution in [0.2, 0.25) is 0 Å². The first-order valence-corrected chi connectivity index (χ1v) is 9.69. The molecule has 4 rings (SSSR count). The molecule has 1 aromatic heterocycles. The summed E-state index contributed by atoms with van der Waals surface area (Å²) >= 11 is 5.56. The average molecular weight is 381 g/mol. The number of nitrogens with zero attached hydrogens (tertiary/aromatic N) is 6. The quantitative estimate of drug-likeness (QED) is 0.637. The summed E-state index contributed by atoms with van der Waals surface area (Å²) in [6.45, 7) is 8.00. The first kappa shape index (κ1) is 18.0. The summed E-state index contributed by atoms with van der Waals surface area (Å²) in [5.74, 6) is 0. The predicted octanol–water partition coefficient (Wildman–Crippen LogP) is 2.88. The fourth-order valence-electron chi connectivity index (χ4n) is 3.40. The number of piperazine rings is 1. The average Bonchev–Trinajstić information content (AvgIpc) is 3.06. The summed E-state index contributed by atoms with van der Waals surface area (Å²) < 4.78 is 4.15. The van der Waals surface area contributed by atoms with E-state index in [1.807, 2.05) is 30.3 Å². The van der Waals surface area contributed by atoms with E-state index in [2.05, 4.69) is 51.4 Å². The minimum absolute atomic E-state index is 0.628. The Morgan fingerprint density at radius 3 is 2.26 bits per heavy atom. The van der Waals surface area contributed by atoms with Gasteiger partial charge in [-0.2, -0.15) is 4.68 Å². The maximum absolute atomic E-state index is 5.56. The molecular weight excluding hydrogens is 356 g/mol. The molecule has 2 heterocycles. The van der Waals surface area contributed by atoms with Crippen LogP contribution in [0.15, 0.2) is 54.6 Å². The number of benzene rings is 2. The second-order valence-electron chi connectivity index (χ2n) is 6.97. The molecule has 0 radical (unpaired) electrons. The van der Waals surface area contributed by atoms with Gasteiger partial charge in [0.25, 0.3) is 0 Å². The predicted molar refractivity (Wildman–Crippen MR) is 108 cm³/mol. The van der Waals surface area contributed by atoms with E-state index in [1.54, 1.807) is 9.36 Å². The number of tetrazole rings is 1. The lowest BCUT2D eigenvalue weighted by atomic mass is 10.1. The van der Waals surface area contributed by atoms with Crippen LogP contribution in [-0.4, -0.2) is 55.8 Å². The summed E-state index contributed by atoms with van der Waals surface area (Å²) in [7, 11) is 0. The molecule has 0 amide bonds. The first-order chi connectivity index (χ1) is 13.2. The number of hydrogen-bond donors (Lipinski definition) is 0. The zero-order valence-corrected chi connectivity index (χ0v) is 16.3. The van der Waals surface area contributed by atoms with Crippen LogP contribution >= 0.6 is 12.2 Å². The van der Waals surface area contributed by atoms with Gasteiger partial charge in [-0.3, -0.25) is 9.80 Å². The van der Waals surface area contributed by atoms with Crippen molar-refractivity contribution < 1.29 is 0 Å². The Balaban J connectivity index is 1.35. The monoisotopic (exact) mass is 380 g/mol. The number of aryl methyl sites for hydroxylation is 1. The van der Waals surface area contributed by atoms with E-state index >= 15 is 0 Å². The second kappa shape index (κ2) is 8.12. The minimum atomic E-state index is 0.628. The largest absolute Gasteiger partial charge is 0.297 e. The summed E-state index contributed by atoms with van der Waals surface area (Å²) in [5, 5.41) is 8.48. The van der Waals surface area contributed by atoms with E-state index < -0.39 is 0 Å². The summed E-state index contributed by atoms with van der Waals surface area (Å²) in [6, 6.07) is 18.5. The third-order valence-electron chi connectivity index (χ3n) is 5.09. The third-order valence-corrected chi connectivity index (χ3v) is 5.48. The number of para-hydroxylation sites is 1. The second-order valence-corrected chi connectivity index (χ2v) is 7.34. The van der Waals surface area contributed by atoms with Gasteiger partial charge < -0.3 is 0 Å². The van der Waals surface area contributed by atoms with Crippen molar-refractivity contribution in [3.8, 4) is 5.69 Å². The van der Waals surface area contributed by atoms with E-state index in [0.29, 0.717) is 11.4 Å². The van der Waals surface area contributed by atoms with Gasteiger partial charge in [0.05, 0.1) is 12.4 Å². The van der Waals surface area contributed by atoms with Gasteiger partial charge in [0.15, 0.2) is 0 Å². The van der Waals surface area contributed by atoms with E-state index in [4.69, 9.17) is 12.2 Å². The van der Waals surface area contributed by atoms with Gasteiger partial charge in [-0.05, 0) is 52.8 Å². The molecule has 0 unspecified atom stereocenters. The van der Waals surface area contributed by atoms with Crippen LogP contribution in [0.4, 0.5) is 0 Å². The smallest absolute Gasteiger partial charge is 0.221 e. The lowest BCUT2D eigenvalue weighted by molar-refractivity contribution is 0.0974. The Kier molecular flexibility index (Phi) is 5.42. The summed E-state index contributed by atoms with van der Waals surface area (Å²) in [6.07, 6.45) is 0. The fourth-order valence-corrected chi connectivity index (χ4v) is 3.64. The van der Waals surface area contributed by atoms with E-state index in [0.717, 1.165) is 38.4 Å². The van der Waals surface area contributed by atoms with Crippen molar-refractivity contribution >= 4 is 12.2 Å². The lowest BCUT2D eigenvalue weighted by Gasteiger charge is -2.34. The van der Waals surface area contributed by atoms with E-state index in [1.165, 1.54) is 11.1 Å². The van der Waals surface area contributed by atoms with Gasteiger partial charge in [0, 0.05) is 32.7 Å². The molecule has 1 fully saturated rings. The molecule has 0 spiro atoms. The van der Waals surface area contributed by atoms with Gasteiger partial charge in [-0.25, -0.2) is 4.68 Å². The van der Waals surface area contributed by atoms with Crippen molar-refractivity contribution in [1.29, 1.82) is 0 Å². The van der Waals surface area contributed by atoms with Crippen LogP contribution < -0.4 is 0 Å². The van der Waals surface area contributed by atoms with Crippen molar-refractivity contribution in [2.75, 3.05) is 26.2 Å². The van der Waals surface area contributed by atoms with E-state index in [9.17, 15) is 0 Å². The molecule has 7 heteroatoms. The van der Waals surface area contributed by atoms with Crippen molar-refractivity contribution in [1.82, 2.24) is 29.6 Å². The van der Waals surface area contributed by atoms with Crippen molar-refractivity contribution in [3.05, 3.63) is 70.5 Å². The standard InChI is InChI=1S/C20H24N6S/c1-17-7-5-6-8-18(17)15-23-11-13-24(14-12-23)16-25-20(27)26(22-21-25)19-9-3-2-4-10-19/h2-10H,11-16H2,1H3. The topological polar surface area (TPSA) is 42.1 Å². The lowest BCUT2D eigenvalue weighted by Crippen LogP contribution is -2.46. The maximum Gasteiger partial charge on any atom is 0.221 e. The molecule has 0 N–H and O–H groups in total. The molecule has 2 aromatic carbocycles. The molecule has 6 nitrogen and oxygen atoms in total. The number of aromatic nitrogens is 4. The highest BCUT2D eigenvalue weighted by atomic mass is 32.1. The van der Waals surface area contributed by atoms with E-state index in [-0.39, 0.29) is 0 Å². The molecule has 27 heavy (non-hydrogen) atoms. The van der Waals surface area contributed by atoms with Crippen molar-refractivity contribution in [2.45, 2.75) is 20.1 Å². The molecule has 0 aliphatic carbocycles. The molecule has 1 saturated heterocycles. The fraction of sp³-hybridized carbons (Fsp3) is 0.350. The normalized spacial score (nSPS) is 15.9. The molecule has 3 aromatic rings. The van der Waals surface area contributed by atoms with Gasteiger partial charge in [-0.1, -0.05) is 42.5 Å². The van der Waals surface area contributed by atoms with Crippen LogP contribution in [0, 0.1) is 11.7 Å². The molecule has 0 bridgehead atoms. The van der Waals surface area contributed by atoms with Gasteiger partial charge in [0.1, 0.15) is 0 Å². The molecule has 0 atom stereocenters. The van der Waals surface area contributed by atoms with Crippen LogP contribution in [-0.2, 0) is 13.2 Å². The first-order valence-electron chi connectivity index (χ1n) is 9.28. The summed E-state index contributed by atoms with van der Waals surface area (Å²) in [5.41, 5.74) is 3.72. The van der Waals surface area contributed by atoms with Crippen molar-refractivity contribution in [2.24, 2.45) is 0 Å². The maximum atomic E-state index is 5.56. The number of rotatable bonds is 5. The molecule has 140 valence electrons. The highest BCUT2D eigenvalue weighted by molar-refractivity contribution is 7.71. The zero-order valence-electron chi connectivity index (χ0n) is 15.5. The van der Waals surface area contributed by atoms with Crippen LogP contribution in [0.1, 0.15) is 11.1 Å². The molecule has 0 saturated carbocycles. The minimum Gasteiger partial charge on any atom is -0.297 e. The van der Waals surface area contributed by atoms with Crippen molar-refractivity contribution in [3.63, 3.8) is 0 Å². The summed E-state index contributed by atoms with van der Waals surface area (Å²) in [4.78, 5) is 4.90. The van der Waals surface area contributed by atoms with Crippen LogP contribution in [0.5, 0.6) is 0 Å². The highest BCUT2D eigenvalue weighted by Gasteiger charge is 2.18. The Labute approximate surface area is 164 Å². The Bertz CT molecular complexity index is 940. The zero-order chi connectivity index (χ0) is 18.6. The Morgan fingerprint density at radius 1 is 0.852 bits per heavy atom. The van der Waals surface area contributed by atoms with Crippen LogP contribution in [0.3, 0.4) is 0 Å². The van der Waals surface area contributed by atoms with Crippen LogP contribution in [0.25, 0.3) is 5.69 Å². The van der Waals surface area contributed by atoms with Gasteiger partial charge >= 0.3 is 0 Å². The van der Waals surface area contributed by atoms with Gasteiger partial charge in [0.2, 0.25) is 4.77 Å². The highest BCUT2D eigenvalue weighted by Crippen LogP contribution is 2.13. The third kappa shape index (κ3) is 4.16.